The smallest absolute Gasteiger partial charge is 0.116 e. The molecule has 6 aromatic rings. The molecule has 0 amide bonds. The van der Waals surface area contributed by atoms with E-state index in [9.17, 15) is 0 Å². The second-order valence-corrected chi connectivity index (χ2v) is 9.52. The van der Waals surface area contributed by atoms with Crippen LogP contribution < -0.4 is 5.32 Å². The predicted octanol–water partition coefficient (Wildman–Crippen LogP) is 6.60. The maximum absolute atomic E-state index is 4.66. The molecule has 0 bridgehead atoms. The molecule has 0 aliphatic heterocycles. The molecule has 6 heterocycles. The lowest BCUT2D eigenvalue weighted by Crippen LogP contribution is -2.02. The van der Waals surface area contributed by atoms with Crippen LogP contribution in [-0.4, -0.2) is 35.1 Å². The lowest BCUT2D eigenvalue weighted by atomic mass is 10.1. The van der Waals surface area contributed by atoms with Gasteiger partial charge in [0, 0.05) is 57.9 Å². The Morgan fingerprint density at radius 1 is 0.892 bits per heavy atom. The van der Waals surface area contributed by atoms with Crippen LogP contribution in [0.2, 0.25) is 0 Å². The number of anilines is 1. The zero-order valence-electron chi connectivity index (χ0n) is 20.7. The number of hydrogen-bond donors (Lipinski definition) is 3. The molecule has 3 N–H and O–H groups in total. The van der Waals surface area contributed by atoms with E-state index in [4.69, 9.17) is 0 Å². The summed E-state index contributed by atoms with van der Waals surface area (Å²) < 4.78 is 0. The summed E-state index contributed by atoms with van der Waals surface area (Å²) in [5, 5.41) is 13.1. The minimum absolute atomic E-state index is 0.528. The molecule has 0 spiro atoms. The molecule has 0 aromatic carbocycles. The maximum atomic E-state index is 4.66. The van der Waals surface area contributed by atoms with Gasteiger partial charge in [0.2, 0.25) is 0 Å². The number of rotatable bonds is 7. The standard InChI is InChI=1S/C29H26N8/c1-17(2)9-18(3)34-21-10-20(14-31-15-21)25-11-23-27(16-33-25)36-37-29(23)26-12-22-24(35-26)6-8-32-28(22)19-5-4-7-30-13-19/h4-8,10-17,34-35H,3,9H2,1-2H3,(H,36,37). The Bertz CT molecular complexity index is 1730. The molecule has 182 valence electrons. The van der Waals surface area contributed by atoms with E-state index in [-0.39, 0.29) is 0 Å². The molecule has 0 saturated heterocycles. The zero-order valence-corrected chi connectivity index (χ0v) is 20.7. The summed E-state index contributed by atoms with van der Waals surface area (Å²) in [6.07, 6.45) is 11.7. The summed E-state index contributed by atoms with van der Waals surface area (Å²) in [5.74, 6) is 0.528. The van der Waals surface area contributed by atoms with E-state index in [0.29, 0.717) is 5.92 Å². The number of nitrogens with zero attached hydrogens (tertiary/aromatic N) is 5. The quantitative estimate of drug-likeness (QED) is 0.235. The van der Waals surface area contributed by atoms with Crippen molar-refractivity contribution < 1.29 is 0 Å². The van der Waals surface area contributed by atoms with E-state index in [1.54, 1.807) is 18.6 Å². The third kappa shape index (κ3) is 4.45. The number of pyridine rings is 4. The molecule has 37 heavy (non-hydrogen) atoms. The first-order valence-corrected chi connectivity index (χ1v) is 12.2. The Balaban J connectivity index is 1.38. The van der Waals surface area contributed by atoms with Gasteiger partial charge in [0.15, 0.2) is 0 Å². The van der Waals surface area contributed by atoms with Crippen LogP contribution in [-0.2, 0) is 0 Å². The van der Waals surface area contributed by atoms with Crippen LogP contribution in [0.4, 0.5) is 5.69 Å². The highest BCUT2D eigenvalue weighted by molar-refractivity contribution is 6.00. The molecule has 0 aliphatic carbocycles. The summed E-state index contributed by atoms with van der Waals surface area (Å²) in [7, 11) is 0. The zero-order chi connectivity index (χ0) is 25.4. The van der Waals surface area contributed by atoms with E-state index in [0.717, 1.165) is 73.5 Å². The molecule has 0 atom stereocenters. The number of H-pyrrole nitrogens is 2. The van der Waals surface area contributed by atoms with Gasteiger partial charge in [-0.3, -0.25) is 25.0 Å². The van der Waals surface area contributed by atoms with Gasteiger partial charge in [-0.1, -0.05) is 20.4 Å². The average molecular weight is 487 g/mol. The summed E-state index contributed by atoms with van der Waals surface area (Å²) in [6, 6.07) is 12.1. The van der Waals surface area contributed by atoms with Gasteiger partial charge < -0.3 is 10.3 Å². The van der Waals surface area contributed by atoms with Crippen LogP contribution in [0.25, 0.3) is 55.7 Å². The normalized spacial score (nSPS) is 11.4. The van der Waals surface area contributed by atoms with E-state index >= 15 is 0 Å². The topological polar surface area (TPSA) is 108 Å². The molecular weight excluding hydrogens is 460 g/mol. The minimum atomic E-state index is 0.528. The highest BCUT2D eigenvalue weighted by Gasteiger charge is 2.15. The third-order valence-corrected chi connectivity index (χ3v) is 6.20. The van der Waals surface area contributed by atoms with Crippen LogP contribution in [0.15, 0.2) is 85.9 Å². The second kappa shape index (κ2) is 9.31. The molecule has 0 radical (unpaired) electrons. The number of aromatic amines is 2. The van der Waals surface area contributed by atoms with Gasteiger partial charge >= 0.3 is 0 Å². The van der Waals surface area contributed by atoms with Crippen molar-refractivity contribution in [1.82, 2.24) is 35.1 Å². The van der Waals surface area contributed by atoms with Crippen LogP contribution >= 0.6 is 0 Å². The molecule has 0 aliphatic rings. The molecule has 6 rings (SSSR count). The predicted molar refractivity (Wildman–Crippen MR) is 148 cm³/mol. The Hall–Kier alpha value is -4.85. The summed E-state index contributed by atoms with van der Waals surface area (Å²) in [6.45, 7) is 8.48. The molecule has 8 heteroatoms. The fourth-order valence-electron chi connectivity index (χ4n) is 4.59. The highest BCUT2D eigenvalue weighted by atomic mass is 15.1. The van der Waals surface area contributed by atoms with Crippen molar-refractivity contribution in [1.29, 1.82) is 0 Å². The monoisotopic (exact) mass is 486 g/mol. The average Bonchev–Trinajstić information content (AvgIpc) is 3.52. The van der Waals surface area contributed by atoms with Gasteiger partial charge in [-0.25, -0.2) is 0 Å². The molecule has 0 saturated carbocycles. The fraction of sp³-hybridized carbons (Fsp3) is 0.138. The van der Waals surface area contributed by atoms with E-state index in [1.165, 1.54) is 0 Å². The first-order valence-electron chi connectivity index (χ1n) is 12.2. The van der Waals surface area contributed by atoms with Crippen molar-refractivity contribution in [3.05, 3.63) is 85.9 Å². The number of hydrogen-bond acceptors (Lipinski definition) is 6. The van der Waals surface area contributed by atoms with Gasteiger partial charge in [0.1, 0.15) is 5.69 Å². The first-order chi connectivity index (χ1) is 18.0. The summed E-state index contributed by atoms with van der Waals surface area (Å²) >= 11 is 0. The van der Waals surface area contributed by atoms with Crippen LogP contribution in [0.5, 0.6) is 0 Å². The lowest BCUT2D eigenvalue weighted by molar-refractivity contribution is 0.645. The van der Waals surface area contributed by atoms with Crippen LogP contribution in [0.3, 0.4) is 0 Å². The Kier molecular flexibility index (Phi) is 5.69. The van der Waals surface area contributed by atoms with Gasteiger partial charge in [0.25, 0.3) is 0 Å². The fourth-order valence-corrected chi connectivity index (χ4v) is 4.59. The molecule has 6 aromatic heterocycles. The van der Waals surface area contributed by atoms with Gasteiger partial charge in [-0.05, 0) is 48.7 Å². The Morgan fingerprint density at radius 3 is 2.59 bits per heavy atom. The summed E-state index contributed by atoms with van der Waals surface area (Å²) in [5.41, 5.74) is 8.99. The van der Waals surface area contributed by atoms with Gasteiger partial charge in [0.05, 0.1) is 40.7 Å². The van der Waals surface area contributed by atoms with E-state index in [2.05, 4.69) is 66.9 Å². The van der Waals surface area contributed by atoms with Gasteiger partial charge in [-0.2, -0.15) is 5.10 Å². The number of aromatic nitrogens is 7. The van der Waals surface area contributed by atoms with Gasteiger partial charge in [-0.15, -0.1) is 0 Å². The van der Waals surface area contributed by atoms with E-state index < -0.39 is 0 Å². The summed E-state index contributed by atoms with van der Waals surface area (Å²) in [4.78, 5) is 21.5. The first kappa shape index (κ1) is 22.6. The van der Waals surface area contributed by atoms with Crippen molar-refractivity contribution in [2.24, 2.45) is 5.92 Å². The van der Waals surface area contributed by atoms with Crippen molar-refractivity contribution in [3.63, 3.8) is 0 Å². The molecular formula is C29H26N8. The lowest BCUT2D eigenvalue weighted by Gasteiger charge is -2.12. The third-order valence-electron chi connectivity index (χ3n) is 6.20. The maximum Gasteiger partial charge on any atom is 0.116 e. The Morgan fingerprint density at radius 2 is 1.76 bits per heavy atom. The number of allylic oxidation sites excluding steroid dienone is 1. The van der Waals surface area contributed by atoms with Crippen molar-refractivity contribution >= 4 is 27.5 Å². The molecule has 0 fully saturated rings. The number of nitrogens with one attached hydrogen (secondary N) is 3. The molecule has 8 nitrogen and oxygen atoms in total. The SMILES string of the molecule is C=C(CC(C)C)Nc1cncc(-c2cc3c(-c4cc5c(-c6cccnc6)nccc5[nH]4)n[nH]c3cn2)c1. The van der Waals surface area contributed by atoms with Crippen molar-refractivity contribution in [2.45, 2.75) is 20.3 Å². The van der Waals surface area contributed by atoms with Crippen LogP contribution in [0, 0.1) is 5.92 Å². The number of fused-ring (bicyclic) bond motifs is 2. The largest absolute Gasteiger partial charge is 0.358 e. The minimum Gasteiger partial charge on any atom is -0.358 e. The van der Waals surface area contributed by atoms with Crippen LogP contribution in [0.1, 0.15) is 20.3 Å². The Labute approximate surface area is 214 Å². The van der Waals surface area contributed by atoms with Crippen molar-refractivity contribution in [3.8, 4) is 33.9 Å². The van der Waals surface area contributed by atoms with Crippen molar-refractivity contribution in [2.75, 3.05) is 5.32 Å². The highest BCUT2D eigenvalue weighted by Crippen LogP contribution is 2.34. The molecule has 0 unspecified atom stereocenters. The van der Waals surface area contributed by atoms with E-state index in [1.807, 2.05) is 48.9 Å². The second-order valence-electron chi connectivity index (χ2n) is 9.52.